The molecule has 1 unspecified atom stereocenters. The van der Waals surface area contributed by atoms with Gasteiger partial charge in [0.25, 0.3) is 0 Å². The second kappa shape index (κ2) is 5.20. The van der Waals surface area contributed by atoms with Gasteiger partial charge in [-0.05, 0) is 51.0 Å². The van der Waals surface area contributed by atoms with Gasteiger partial charge in [0.15, 0.2) is 0 Å². The number of likely N-dealkylation sites (tertiary alicyclic amines) is 1. The van der Waals surface area contributed by atoms with Crippen LogP contribution in [0.25, 0.3) is 0 Å². The van der Waals surface area contributed by atoms with Gasteiger partial charge >= 0.3 is 0 Å². The maximum absolute atomic E-state index is 9.64. The van der Waals surface area contributed by atoms with E-state index in [9.17, 15) is 5.26 Å². The smallest absolute Gasteiger partial charge is 0.0845 e. The van der Waals surface area contributed by atoms with E-state index in [2.05, 4.69) is 40.0 Å². The van der Waals surface area contributed by atoms with Crippen molar-refractivity contribution in [2.45, 2.75) is 24.7 Å². The van der Waals surface area contributed by atoms with Gasteiger partial charge in [-0.25, -0.2) is 0 Å². The van der Waals surface area contributed by atoms with E-state index in [-0.39, 0.29) is 5.41 Å². The topological polar surface area (TPSA) is 27.0 Å². The first-order valence-electron chi connectivity index (χ1n) is 6.03. The van der Waals surface area contributed by atoms with Crippen LogP contribution in [0.4, 0.5) is 0 Å². The second-order valence-corrected chi connectivity index (χ2v) is 5.68. The fraction of sp³-hybridized carbons (Fsp3) is 0.500. The molecular formula is C14H17BrN2. The molecule has 1 fully saturated rings. The summed E-state index contributed by atoms with van der Waals surface area (Å²) in [7, 11) is 2.13. The van der Waals surface area contributed by atoms with Gasteiger partial charge in [0.2, 0.25) is 0 Å². The van der Waals surface area contributed by atoms with Crippen molar-refractivity contribution >= 4 is 15.9 Å². The van der Waals surface area contributed by atoms with Crippen LogP contribution in [0, 0.1) is 11.3 Å². The van der Waals surface area contributed by atoms with Crippen molar-refractivity contribution < 1.29 is 0 Å². The van der Waals surface area contributed by atoms with E-state index < -0.39 is 0 Å². The van der Waals surface area contributed by atoms with Crippen LogP contribution in [0.2, 0.25) is 0 Å². The predicted octanol–water partition coefficient (Wildman–Crippen LogP) is 3.33. The maximum atomic E-state index is 9.64. The number of nitrogens with zero attached hydrogens (tertiary/aromatic N) is 2. The van der Waals surface area contributed by atoms with E-state index in [4.69, 9.17) is 0 Å². The number of halogens is 1. The minimum absolute atomic E-state index is 0.315. The lowest BCUT2D eigenvalue weighted by Gasteiger charge is -2.26. The van der Waals surface area contributed by atoms with E-state index in [1.165, 1.54) is 0 Å². The highest BCUT2D eigenvalue weighted by molar-refractivity contribution is 9.10. The number of rotatable bonds is 1. The fourth-order valence-corrected chi connectivity index (χ4v) is 3.22. The first-order valence-corrected chi connectivity index (χ1v) is 6.82. The van der Waals surface area contributed by atoms with Crippen LogP contribution in [-0.2, 0) is 5.41 Å². The Bertz CT molecular complexity index is 438. The molecule has 3 heteroatoms. The fourth-order valence-electron chi connectivity index (χ4n) is 2.56. The van der Waals surface area contributed by atoms with Crippen LogP contribution in [0.15, 0.2) is 28.7 Å². The van der Waals surface area contributed by atoms with Gasteiger partial charge in [-0.15, -0.1) is 0 Å². The van der Waals surface area contributed by atoms with Crippen molar-refractivity contribution in [3.63, 3.8) is 0 Å². The Kier molecular flexibility index (Phi) is 3.86. The van der Waals surface area contributed by atoms with Gasteiger partial charge in [-0.2, -0.15) is 5.26 Å². The molecule has 0 spiro atoms. The Morgan fingerprint density at radius 3 is 2.76 bits per heavy atom. The van der Waals surface area contributed by atoms with Crippen molar-refractivity contribution in [2.24, 2.45) is 0 Å². The van der Waals surface area contributed by atoms with Crippen LogP contribution in [0.1, 0.15) is 24.8 Å². The van der Waals surface area contributed by atoms with Gasteiger partial charge in [0, 0.05) is 4.47 Å². The predicted molar refractivity (Wildman–Crippen MR) is 72.8 cm³/mol. The molecule has 1 atom stereocenters. The minimum atomic E-state index is -0.315. The molecule has 2 nitrogen and oxygen atoms in total. The van der Waals surface area contributed by atoms with E-state index in [0.717, 1.165) is 42.4 Å². The molecule has 0 bridgehead atoms. The van der Waals surface area contributed by atoms with Crippen LogP contribution >= 0.6 is 15.9 Å². The summed E-state index contributed by atoms with van der Waals surface area (Å²) in [6.45, 7) is 2.09. The summed E-state index contributed by atoms with van der Waals surface area (Å²) in [4.78, 5) is 2.32. The van der Waals surface area contributed by atoms with Crippen LogP contribution in [0.5, 0.6) is 0 Å². The second-order valence-electron chi connectivity index (χ2n) is 4.83. The molecule has 0 aliphatic carbocycles. The molecule has 0 radical (unpaired) electrons. The molecule has 1 heterocycles. The molecule has 17 heavy (non-hydrogen) atoms. The molecule has 1 aromatic carbocycles. The monoisotopic (exact) mass is 292 g/mol. The van der Waals surface area contributed by atoms with Gasteiger partial charge in [-0.3, -0.25) is 0 Å². The van der Waals surface area contributed by atoms with Crippen molar-refractivity contribution in [3.8, 4) is 6.07 Å². The Balaban J connectivity index is 2.38. The van der Waals surface area contributed by atoms with Crippen molar-refractivity contribution in [3.05, 3.63) is 34.3 Å². The zero-order chi connectivity index (χ0) is 12.3. The van der Waals surface area contributed by atoms with Gasteiger partial charge in [0.05, 0.1) is 11.5 Å². The molecule has 0 N–H and O–H groups in total. The highest BCUT2D eigenvalue weighted by Crippen LogP contribution is 2.38. The molecule has 1 saturated heterocycles. The SMILES string of the molecule is CN1CCCC(C#N)(c2ccccc2Br)CC1. The number of hydrogen-bond donors (Lipinski definition) is 0. The third kappa shape index (κ3) is 2.53. The summed E-state index contributed by atoms with van der Waals surface area (Å²) in [5.41, 5.74) is 0.836. The van der Waals surface area contributed by atoms with Crippen LogP contribution in [0.3, 0.4) is 0 Å². The quantitative estimate of drug-likeness (QED) is 0.794. The number of benzene rings is 1. The van der Waals surface area contributed by atoms with Crippen LogP contribution < -0.4 is 0 Å². The molecule has 1 aromatic rings. The summed E-state index contributed by atoms with van der Waals surface area (Å²) < 4.78 is 1.06. The number of hydrogen-bond acceptors (Lipinski definition) is 2. The first-order chi connectivity index (χ1) is 8.18. The van der Waals surface area contributed by atoms with E-state index in [0.29, 0.717) is 0 Å². The first kappa shape index (κ1) is 12.6. The van der Waals surface area contributed by atoms with E-state index in [1.54, 1.807) is 0 Å². The summed E-state index contributed by atoms with van der Waals surface area (Å²) in [5, 5.41) is 9.64. The summed E-state index contributed by atoms with van der Waals surface area (Å²) >= 11 is 3.58. The zero-order valence-electron chi connectivity index (χ0n) is 10.1. The third-order valence-electron chi connectivity index (χ3n) is 3.67. The average Bonchev–Trinajstić information content (AvgIpc) is 2.53. The molecule has 2 rings (SSSR count). The molecule has 0 aromatic heterocycles. The summed E-state index contributed by atoms with van der Waals surface area (Å²) in [6.07, 6.45) is 2.96. The highest BCUT2D eigenvalue weighted by atomic mass is 79.9. The lowest BCUT2D eigenvalue weighted by molar-refractivity contribution is 0.342. The lowest BCUT2D eigenvalue weighted by Crippen LogP contribution is -2.27. The minimum Gasteiger partial charge on any atom is -0.306 e. The Morgan fingerprint density at radius 2 is 2.06 bits per heavy atom. The summed E-state index contributed by atoms with van der Waals surface area (Å²) in [5.74, 6) is 0. The van der Waals surface area contributed by atoms with E-state index in [1.807, 2.05) is 18.2 Å². The molecule has 1 aliphatic heterocycles. The van der Waals surface area contributed by atoms with Crippen molar-refractivity contribution in [2.75, 3.05) is 20.1 Å². The normalized spacial score (nSPS) is 26.2. The third-order valence-corrected chi connectivity index (χ3v) is 4.36. The maximum Gasteiger partial charge on any atom is 0.0845 e. The van der Waals surface area contributed by atoms with Gasteiger partial charge in [-0.1, -0.05) is 34.1 Å². The standard InChI is InChI=1S/C14H17BrN2/c1-17-9-4-7-14(11-16,8-10-17)12-5-2-3-6-13(12)15/h2-3,5-6H,4,7-10H2,1H3. The largest absolute Gasteiger partial charge is 0.306 e. The van der Waals surface area contributed by atoms with Crippen LogP contribution in [-0.4, -0.2) is 25.0 Å². The van der Waals surface area contributed by atoms with E-state index >= 15 is 0 Å². The molecule has 0 saturated carbocycles. The Hall–Kier alpha value is -0.850. The van der Waals surface area contributed by atoms with Gasteiger partial charge in [0.1, 0.15) is 0 Å². The molecular weight excluding hydrogens is 276 g/mol. The highest BCUT2D eigenvalue weighted by Gasteiger charge is 2.35. The summed E-state index contributed by atoms with van der Waals surface area (Å²) in [6, 6.07) is 10.7. The molecule has 90 valence electrons. The molecule has 0 amide bonds. The molecule has 1 aliphatic rings. The lowest BCUT2D eigenvalue weighted by atomic mass is 9.76. The van der Waals surface area contributed by atoms with Gasteiger partial charge < -0.3 is 4.90 Å². The Labute approximate surface area is 111 Å². The van der Waals surface area contributed by atoms with Crippen molar-refractivity contribution in [1.82, 2.24) is 4.90 Å². The van der Waals surface area contributed by atoms with Crippen molar-refractivity contribution in [1.29, 1.82) is 5.26 Å². The Morgan fingerprint density at radius 1 is 1.29 bits per heavy atom. The number of nitriles is 1. The average molecular weight is 293 g/mol. The zero-order valence-corrected chi connectivity index (χ0v) is 11.7.